The molecule has 0 N–H and O–H groups in total. The molecule has 0 unspecified atom stereocenters. The van der Waals surface area contributed by atoms with Crippen LogP contribution in [0.4, 0.5) is 0 Å². The maximum absolute atomic E-state index is 6.25. The van der Waals surface area contributed by atoms with Gasteiger partial charge in [-0.25, -0.2) is 4.68 Å². The minimum atomic E-state index is 0.497. The monoisotopic (exact) mass is 382 g/mol. The van der Waals surface area contributed by atoms with Crippen LogP contribution >= 0.6 is 23.2 Å². The van der Waals surface area contributed by atoms with E-state index < -0.39 is 0 Å². The Labute approximate surface area is 159 Å². The molecule has 0 radical (unpaired) electrons. The molecule has 0 aliphatic rings. The number of halogens is 2. The van der Waals surface area contributed by atoms with Crippen LogP contribution in [0.25, 0.3) is 17.1 Å². The third-order valence-corrected chi connectivity index (χ3v) is 3.98. The first-order valence-corrected chi connectivity index (χ1v) is 8.49. The van der Waals surface area contributed by atoms with Crippen LogP contribution in [0.2, 0.25) is 10.0 Å². The van der Waals surface area contributed by atoms with Crippen molar-refractivity contribution in [3.8, 4) is 28.6 Å². The van der Waals surface area contributed by atoms with Gasteiger partial charge in [-0.2, -0.15) is 5.10 Å². The summed E-state index contributed by atoms with van der Waals surface area (Å²) in [6.45, 7) is 0. The van der Waals surface area contributed by atoms with Gasteiger partial charge in [0.1, 0.15) is 17.2 Å². The number of benzene rings is 1. The van der Waals surface area contributed by atoms with Crippen molar-refractivity contribution in [1.82, 2.24) is 19.7 Å². The van der Waals surface area contributed by atoms with Gasteiger partial charge in [-0.15, -0.1) is 0 Å². The minimum Gasteiger partial charge on any atom is -0.456 e. The van der Waals surface area contributed by atoms with E-state index in [-0.39, 0.29) is 0 Å². The van der Waals surface area contributed by atoms with Gasteiger partial charge in [0.2, 0.25) is 0 Å². The van der Waals surface area contributed by atoms with Crippen LogP contribution in [0.1, 0.15) is 0 Å². The number of aromatic nitrogens is 4. The van der Waals surface area contributed by atoms with E-state index in [4.69, 9.17) is 27.9 Å². The van der Waals surface area contributed by atoms with Crippen LogP contribution in [0.3, 0.4) is 0 Å². The van der Waals surface area contributed by atoms with E-state index in [1.165, 1.54) is 0 Å². The van der Waals surface area contributed by atoms with Gasteiger partial charge in [0.25, 0.3) is 0 Å². The van der Waals surface area contributed by atoms with Crippen molar-refractivity contribution in [3.05, 3.63) is 83.4 Å². The first-order chi connectivity index (χ1) is 12.7. The molecule has 7 heteroatoms. The topological polar surface area (TPSA) is 52.8 Å². The number of hydrogen-bond acceptors (Lipinski definition) is 4. The predicted molar refractivity (Wildman–Crippen MR) is 101 cm³/mol. The highest BCUT2D eigenvalue weighted by Crippen LogP contribution is 2.29. The molecule has 5 nitrogen and oxygen atoms in total. The molecule has 0 atom stereocenters. The summed E-state index contributed by atoms with van der Waals surface area (Å²) in [4.78, 5) is 8.32. The molecular formula is C19H12Cl2N4O. The summed E-state index contributed by atoms with van der Waals surface area (Å²) in [5.74, 6) is 1.09. The van der Waals surface area contributed by atoms with E-state index in [0.717, 1.165) is 17.1 Å². The van der Waals surface area contributed by atoms with E-state index in [0.29, 0.717) is 21.5 Å². The van der Waals surface area contributed by atoms with Gasteiger partial charge in [-0.05, 0) is 30.3 Å². The molecule has 0 saturated carbocycles. The van der Waals surface area contributed by atoms with Gasteiger partial charge in [-0.3, -0.25) is 9.97 Å². The Morgan fingerprint density at radius 2 is 1.73 bits per heavy atom. The summed E-state index contributed by atoms with van der Waals surface area (Å²) in [6, 6.07) is 14.6. The van der Waals surface area contributed by atoms with Crippen LogP contribution < -0.4 is 4.74 Å². The average molecular weight is 383 g/mol. The molecule has 0 fully saturated rings. The van der Waals surface area contributed by atoms with Crippen LogP contribution in [0.15, 0.2) is 73.3 Å². The van der Waals surface area contributed by atoms with Gasteiger partial charge < -0.3 is 4.74 Å². The third kappa shape index (κ3) is 3.69. The van der Waals surface area contributed by atoms with E-state index in [1.807, 2.05) is 36.5 Å². The van der Waals surface area contributed by atoms with Crippen LogP contribution in [-0.2, 0) is 0 Å². The first-order valence-electron chi connectivity index (χ1n) is 7.74. The molecule has 3 heterocycles. The smallest absolute Gasteiger partial charge is 0.147 e. The fraction of sp³-hybridized carbons (Fsp3) is 0. The lowest BCUT2D eigenvalue weighted by molar-refractivity contribution is 0.480. The highest BCUT2D eigenvalue weighted by Gasteiger charge is 2.08. The highest BCUT2D eigenvalue weighted by molar-refractivity contribution is 6.31. The van der Waals surface area contributed by atoms with E-state index in [9.17, 15) is 0 Å². The largest absolute Gasteiger partial charge is 0.456 e. The SMILES string of the molecule is Clc1cncc(Oc2cc(Cl)cc(-n3ccc(-c4ccccn4)n3)c2)c1. The molecular weight excluding hydrogens is 371 g/mol. The molecule has 128 valence electrons. The molecule has 4 rings (SSSR count). The van der Waals surface area contributed by atoms with Gasteiger partial charge >= 0.3 is 0 Å². The number of pyridine rings is 2. The number of hydrogen-bond donors (Lipinski definition) is 0. The third-order valence-electron chi connectivity index (χ3n) is 3.55. The van der Waals surface area contributed by atoms with Crippen LogP contribution in [0.5, 0.6) is 11.5 Å². The molecule has 1 aromatic carbocycles. The second-order valence-electron chi connectivity index (χ2n) is 5.45. The summed E-state index contributed by atoms with van der Waals surface area (Å²) in [5.41, 5.74) is 2.34. The molecule has 0 amide bonds. The molecule has 0 aliphatic heterocycles. The first kappa shape index (κ1) is 16.6. The standard InChI is InChI=1S/C19H12Cl2N4O/c20-13-7-15(10-16(8-13)26-17-9-14(21)11-22-12-17)25-6-4-19(24-25)18-3-1-2-5-23-18/h1-12H. The second kappa shape index (κ2) is 7.15. The van der Waals surface area contributed by atoms with Crippen LogP contribution in [-0.4, -0.2) is 19.7 Å². The Morgan fingerprint density at radius 3 is 2.54 bits per heavy atom. The van der Waals surface area contributed by atoms with Crippen molar-refractivity contribution in [2.45, 2.75) is 0 Å². The van der Waals surface area contributed by atoms with Gasteiger partial charge in [-0.1, -0.05) is 29.3 Å². The Balaban J connectivity index is 1.65. The lowest BCUT2D eigenvalue weighted by atomic mass is 10.3. The molecule has 0 aliphatic carbocycles. The Hall–Kier alpha value is -2.89. The van der Waals surface area contributed by atoms with Crippen molar-refractivity contribution >= 4 is 23.2 Å². The van der Waals surface area contributed by atoms with Gasteiger partial charge in [0.15, 0.2) is 0 Å². The fourth-order valence-corrected chi connectivity index (χ4v) is 2.83. The molecule has 0 spiro atoms. The fourth-order valence-electron chi connectivity index (χ4n) is 2.44. The van der Waals surface area contributed by atoms with Crippen LogP contribution in [0, 0.1) is 0 Å². The molecule has 4 aromatic rings. The van der Waals surface area contributed by atoms with E-state index in [1.54, 1.807) is 41.5 Å². The summed E-state index contributed by atoms with van der Waals surface area (Å²) < 4.78 is 7.53. The van der Waals surface area contributed by atoms with Crippen molar-refractivity contribution in [2.24, 2.45) is 0 Å². The lowest BCUT2D eigenvalue weighted by Gasteiger charge is -2.09. The summed E-state index contributed by atoms with van der Waals surface area (Å²) in [6.07, 6.45) is 6.71. The number of nitrogens with zero attached hydrogens (tertiary/aromatic N) is 4. The van der Waals surface area contributed by atoms with Crippen molar-refractivity contribution in [1.29, 1.82) is 0 Å². The molecule has 26 heavy (non-hydrogen) atoms. The van der Waals surface area contributed by atoms with Crippen molar-refractivity contribution in [3.63, 3.8) is 0 Å². The zero-order valence-corrected chi connectivity index (χ0v) is 14.9. The van der Waals surface area contributed by atoms with Gasteiger partial charge in [0, 0.05) is 35.7 Å². The molecule has 3 aromatic heterocycles. The normalized spacial score (nSPS) is 10.7. The summed E-state index contributed by atoms with van der Waals surface area (Å²) >= 11 is 12.2. The second-order valence-corrected chi connectivity index (χ2v) is 6.32. The maximum Gasteiger partial charge on any atom is 0.147 e. The molecule has 0 bridgehead atoms. The summed E-state index contributed by atoms with van der Waals surface area (Å²) in [7, 11) is 0. The van der Waals surface area contributed by atoms with E-state index >= 15 is 0 Å². The Bertz CT molecular complexity index is 1050. The number of rotatable bonds is 4. The Kier molecular flexibility index (Phi) is 4.56. The van der Waals surface area contributed by atoms with Gasteiger partial charge in [0.05, 0.1) is 22.6 Å². The average Bonchev–Trinajstić information content (AvgIpc) is 3.12. The highest BCUT2D eigenvalue weighted by atomic mass is 35.5. The van der Waals surface area contributed by atoms with Crippen molar-refractivity contribution in [2.75, 3.05) is 0 Å². The maximum atomic E-state index is 6.25. The quantitative estimate of drug-likeness (QED) is 0.472. The minimum absolute atomic E-state index is 0.497. The summed E-state index contributed by atoms with van der Waals surface area (Å²) in [5, 5.41) is 5.59. The number of ether oxygens (including phenoxy) is 1. The molecule has 0 saturated heterocycles. The van der Waals surface area contributed by atoms with E-state index in [2.05, 4.69) is 15.1 Å². The predicted octanol–water partition coefficient (Wildman–Crippen LogP) is 5.43. The lowest BCUT2D eigenvalue weighted by Crippen LogP contribution is -1.96. The Morgan fingerprint density at radius 1 is 0.846 bits per heavy atom. The zero-order chi connectivity index (χ0) is 17.9. The zero-order valence-electron chi connectivity index (χ0n) is 13.4. The van der Waals surface area contributed by atoms with Crippen molar-refractivity contribution < 1.29 is 4.74 Å².